The molecule has 6 heteroatoms. The maximum atomic E-state index is 6.47. The van der Waals surface area contributed by atoms with Crippen LogP contribution in [0.2, 0.25) is 0 Å². The average molecular weight is 381 g/mol. The second-order valence-electron chi connectivity index (χ2n) is 8.77. The zero-order valence-electron chi connectivity index (χ0n) is 16.2. The maximum absolute atomic E-state index is 6.47. The second-order valence-corrected chi connectivity index (χ2v) is 8.77. The van der Waals surface area contributed by atoms with Crippen molar-refractivity contribution in [3.8, 4) is 17.0 Å². The zero-order chi connectivity index (χ0) is 18.6. The number of hydrogen-bond acceptors (Lipinski definition) is 6. The van der Waals surface area contributed by atoms with Gasteiger partial charge in [0.1, 0.15) is 11.4 Å². The van der Waals surface area contributed by atoms with E-state index in [1.54, 1.807) is 0 Å². The Morgan fingerprint density at radius 2 is 1.93 bits per heavy atom. The fraction of sp³-hybridized carbons (Fsp3) is 0.591. The van der Waals surface area contributed by atoms with E-state index in [2.05, 4.69) is 26.9 Å². The van der Waals surface area contributed by atoms with Gasteiger partial charge in [-0.05, 0) is 38.1 Å². The van der Waals surface area contributed by atoms with Crippen molar-refractivity contribution in [1.82, 2.24) is 14.8 Å². The normalized spacial score (nSPS) is 31.9. The molecule has 2 aromatic heterocycles. The van der Waals surface area contributed by atoms with Crippen LogP contribution in [0.1, 0.15) is 24.2 Å². The van der Waals surface area contributed by atoms with Crippen LogP contribution >= 0.6 is 0 Å². The Morgan fingerprint density at radius 3 is 2.71 bits per heavy atom. The minimum atomic E-state index is -0.0393. The van der Waals surface area contributed by atoms with Gasteiger partial charge in [0.15, 0.2) is 0 Å². The number of nitrogens with zero attached hydrogens (tertiary/aromatic N) is 3. The summed E-state index contributed by atoms with van der Waals surface area (Å²) in [5, 5.41) is 0. The smallest absolute Gasteiger partial charge is 0.217 e. The minimum Gasteiger partial charge on any atom is -0.469 e. The van der Waals surface area contributed by atoms with Gasteiger partial charge in [0, 0.05) is 54.9 Å². The third kappa shape index (κ3) is 2.86. The van der Waals surface area contributed by atoms with Crippen LogP contribution in [0.25, 0.3) is 11.1 Å². The van der Waals surface area contributed by atoms with E-state index in [0.29, 0.717) is 5.92 Å². The molecule has 0 radical (unpaired) electrons. The molecule has 0 aromatic carbocycles. The molecule has 0 amide bonds. The number of morpholine rings is 1. The highest BCUT2D eigenvalue weighted by Gasteiger charge is 2.52. The molecule has 5 aliphatic rings. The molecule has 6 nitrogen and oxygen atoms in total. The summed E-state index contributed by atoms with van der Waals surface area (Å²) in [7, 11) is 0. The van der Waals surface area contributed by atoms with Gasteiger partial charge in [-0.25, -0.2) is 4.98 Å². The largest absolute Gasteiger partial charge is 0.469 e. The lowest BCUT2D eigenvalue weighted by molar-refractivity contribution is -0.0814. The summed E-state index contributed by atoms with van der Waals surface area (Å²) in [6.45, 7) is 7.90. The van der Waals surface area contributed by atoms with Crippen LogP contribution in [0, 0.1) is 5.92 Å². The molecule has 1 spiro atoms. The van der Waals surface area contributed by atoms with Crippen molar-refractivity contribution < 1.29 is 13.9 Å². The molecular formula is C22H27N3O3. The molecule has 7 rings (SSSR count). The Balaban J connectivity index is 1.21. The van der Waals surface area contributed by atoms with Gasteiger partial charge >= 0.3 is 0 Å². The van der Waals surface area contributed by atoms with Gasteiger partial charge < -0.3 is 13.9 Å². The lowest BCUT2D eigenvalue weighted by Gasteiger charge is -2.50. The lowest BCUT2D eigenvalue weighted by Crippen LogP contribution is -2.61. The first-order chi connectivity index (χ1) is 13.8. The summed E-state index contributed by atoms with van der Waals surface area (Å²) in [5.41, 5.74) is 3.44. The van der Waals surface area contributed by atoms with E-state index < -0.39 is 0 Å². The van der Waals surface area contributed by atoms with Crippen LogP contribution in [0.5, 0.6) is 5.88 Å². The van der Waals surface area contributed by atoms with Crippen molar-refractivity contribution in [3.05, 3.63) is 35.9 Å². The summed E-state index contributed by atoms with van der Waals surface area (Å²) < 4.78 is 17.7. The molecule has 1 unspecified atom stereocenters. The highest BCUT2D eigenvalue weighted by molar-refractivity contribution is 5.64. The van der Waals surface area contributed by atoms with Crippen molar-refractivity contribution in [2.75, 3.05) is 45.9 Å². The fourth-order valence-electron chi connectivity index (χ4n) is 5.46. The van der Waals surface area contributed by atoms with E-state index >= 15 is 0 Å². The molecule has 4 saturated heterocycles. The zero-order valence-corrected chi connectivity index (χ0v) is 16.2. The molecule has 0 aliphatic carbocycles. The number of piperidine rings is 3. The molecule has 28 heavy (non-hydrogen) atoms. The average Bonchev–Trinajstić information content (AvgIpc) is 3.33. The Morgan fingerprint density at radius 1 is 1.07 bits per heavy atom. The second kappa shape index (κ2) is 6.58. The molecule has 0 N–H and O–H groups in total. The third-order valence-corrected chi connectivity index (χ3v) is 7.01. The number of rotatable bonds is 3. The van der Waals surface area contributed by atoms with Crippen LogP contribution in [0.15, 0.2) is 29.0 Å². The van der Waals surface area contributed by atoms with Crippen LogP contribution in [0.3, 0.4) is 0 Å². The van der Waals surface area contributed by atoms with Crippen LogP contribution in [-0.2, 0) is 17.7 Å². The Bertz CT molecular complexity index is 868. The number of pyridine rings is 1. The molecular weight excluding hydrogens is 354 g/mol. The highest BCUT2D eigenvalue weighted by Crippen LogP contribution is 2.46. The van der Waals surface area contributed by atoms with E-state index in [0.717, 1.165) is 68.6 Å². The summed E-state index contributed by atoms with van der Waals surface area (Å²) in [6.07, 6.45) is 7.30. The summed E-state index contributed by atoms with van der Waals surface area (Å²) in [4.78, 5) is 9.61. The molecule has 2 aromatic rings. The van der Waals surface area contributed by atoms with Crippen molar-refractivity contribution in [2.24, 2.45) is 5.92 Å². The van der Waals surface area contributed by atoms with Crippen molar-refractivity contribution in [1.29, 1.82) is 0 Å². The molecule has 1 atom stereocenters. The molecule has 4 fully saturated rings. The Kier molecular flexibility index (Phi) is 4.00. The van der Waals surface area contributed by atoms with Gasteiger partial charge in [-0.2, -0.15) is 0 Å². The van der Waals surface area contributed by atoms with Gasteiger partial charge in [-0.3, -0.25) is 9.80 Å². The molecule has 7 heterocycles. The van der Waals surface area contributed by atoms with E-state index in [1.165, 1.54) is 31.5 Å². The van der Waals surface area contributed by atoms with Crippen LogP contribution in [-0.4, -0.2) is 66.3 Å². The number of hydrogen-bond donors (Lipinski definition) is 0. The molecule has 5 aliphatic heterocycles. The summed E-state index contributed by atoms with van der Waals surface area (Å²) in [6, 6.07) is 4.41. The topological polar surface area (TPSA) is 51.0 Å². The van der Waals surface area contributed by atoms with Gasteiger partial charge in [-0.1, -0.05) is 0 Å². The summed E-state index contributed by atoms with van der Waals surface area (Å²) >= 11 is 0. The predicted molar refractivity (Wildman–Crippen MR) is 104 cm³/mol. The van der Waals surface area contributed by atoms with Gasteiger partial charge in [0.05, 0.1) is 26.0 Å². The first-order valence-corrected chi connectivity index (χ1v) is 10.6. The Labute approximate surface area is 165 Å². The fourth-order valence-corrected chi connectivity index (χ4v) is 5.46. The SMILES string of the molecule is c1nc2c(cc1-c1coc(CN3CCOCC3)c1)CC1(CN3CCC1CC3)O2. The number of aromatic nitrogens is 1. The maximum Gasteiger partial charge on any atom is 0.217 e. The van der Waals surface area contributed by atoms with E-state index in [-0.39, 0.29) is 5.60 Å². The molecule has 2 bridgehead atoms. The van der Waals surface area contributed by atoms with Crippen LogP contribution < -0.4 is 4.74 Å². The van der Waals surface area contributed by atoms with Crippen molar-refractivity contribution in [3.63, 3.8) is 0 Å². The monoisotopic (exact) mass is 381 g/mol. The lowest BCUT2D eigenvalue weighted by atomic mass is 9.73. The third-order valence-electron chi connectivity index (χ3n) is 7.01. The molecule has 0 saturated carbocycles. The van der Waals surface area contributed by atoms with Gasteiger partial charge in [-0.15, -0.1) is 0 Å². The Hall–Kier alpha value is -1.89. The van der Waals surface area contributed by atoms with Gasteiger partial charge in [0.25, 0.3) is 0 Å². The number of furan rings is 1. The summed E-state index contributed by atoms with van der Waals surface area (Å²) in [5.74, 6) is 2.52. The van der Waals surface area contributed by atoms with E-state index in [1.807, 2.05) is 12.5 Å². The van der Waals surface area contributed by atoms with Crippen molar-refractivity contribution in [2.45, 2.75) is 31.4 Å². The quantitative estimate of drug-likeness (QED) is 0.815. The first-order valence-electron chi connectivity index (χ1n) is 10.6. The van der Waals surface area contributed by atoms with Crippen LogP contribution in [0.4, 0.5) is 0 Å². The van der Waals surface area contributed by atoms with Gasteiger partial charge in [0.2, 0.25) is 5.88 Å². The standard InChI is InChI=1S/C22H27N3O3/c1-3-25-4-2-19(1)22(15-25)11-16-9-17(12-23-21(16)28-22)18-10-20(27-14-18)13-24-5-7-26-8-6-24/h9-10,12,14,19H,1-8,11,13,15H2. The number of ether oxygens (including phenoxy) is 2. The minimum absolute atomic E-state index is 0.0393. The van der Waals surface area contributed by atoms with E-state index in [9.17, 15) is 0 Å². The highest BCUT2D eigenvalue weighted by atomic mass is 16.5. The van der Waals surface area contributed by atoms with Crippen molar-refractivity contribution >= 4 is 0 Å². The van der Waals surface area contributed by atoms with E-state index in [4.69, 9.17) is 13.9 Å². The predicted octanol–water partition coefficient (Wildman–Crippen LogP) is 2.57. The number of fused-ring (bicyclic) bond motifs is 3. The molecule has 148 valence electrons. The first kappa shape index (κ1) is 17.0.